The predicted molar refractivity (Wildman–Crippen MR) is 71.8 cm³/mol. The molecule has 0 saturated heterocycles. The quantitative estimate of drug-likeness (QED) is 0.752. The van der Waals surface area contributed by atoms with Crippen molar-refractivity contribution in [2.45, 2.75) is 40.7 Å². The molecular weight excluding hydrogens is 228 g/mol. The Bertz CT molecular complexity index is 410. The van der Waals surface area contributed by atoms with E-state index in [1.807, 2.05) is 45.9 Å². The van der Waals surface area contributed by atoms with Crippen molar-refractivity contribution in [1.29, 1.82) is 0 Å². The van der Waals surface area contributed by atoms with Crippen LogP contribution in [0.2, 0.25) is 0 Å². The summed E-state index contributed by atoms with van der Waals surface area (Å²) in [5.41, 5.74) is 2.21. The van der Waals surface area contributed by atoms with Crippen molar-refractivity contribution < 1.29 is 14.3 Å². The number of hydrogen-bond donors (Lipinski definition) is 0. The molecule has 0 spiro atoms. The Morgan fingerprint density at radius 2 is 1.94 bits per heavy atom. The molecule has 0 amide bonds. The molecule has 18 heavy (non-hydrogen) atoms. The molecule has 0 radical (unpaired) electrons. The zero-order valence-electron chi connectivity index (χ0n) is 11.8. The molecule has 0 aliphatic rings. The number of esters is 1. The molecule has 1 atom stereocenters. The summed E-state index contributed by atoms with van der Waals surface area (Å²) in [6.45, 7) is 10.1. The van der Waals surface area contributed by atoms with Crippen LogP contribution in [0.3, 0.4) is 0 Å². The normalized spacial score (nSPS) is 12.3. The molecule has 1 rings (SSSR count). The predicted octanol–water partition coefficient (Wildman–Crippen LogP) is 3.27. The van der Waals surface area contributed by atoms with Crippen LogP contribution in [0.5, 0.6) is 5.75 Å². The molecule has 1 unspecified atom stereocenters. The molecule has 1 aromatic carbocycles. The van der Waals surface area contributed by atoms with Gasteiger partial charge in [0.1, 0.15) is 5.75 Å². The van der Waals surface area contributed by atoms with Gasteiger partial charge in [-0.05, 0) is 32.4 Å². The molecule has 0 aliphatic heterocycles. The third kappa shape index (κ3) is 3.76. The van der Waals surface area contributed by atoms with Crippen molar-refractivity contribution in [3.63, 3.8) is 0 Å². The van der Waals surface area contributed by atoms with E-state index in [0.717, 1.165) is 11.3 Å². The summed E-state index contributed by atoms with van der Waals surface area (Å²) in [5.74, 6) is 0.518. The Morgan fingerprint density at radius 3 is 2.44 bits per heavy atom. The number of carbonyl (C=O) groups excluding carboxylic acids is 1. The van der Waals surface area contributed by atoms with E-state index in [0.29, 0.717) is 6.61 Å². The summed E-state index contributed by atoms with van der Waals surface area (Å²) in [6.07, 6.45) is -0.550. The van der Waals surface area contributed by atoms with Crippen LogP contribution < -0.4 is 4.74 Å². The van der Waals surface area contributed by atoms with Crippen LogP contribution in [-0.2, 0) is 9.53 Å². The molecule has 0 aliphatic carbocycles. The fraction of sp³-hybridized carbons (Fsp3) is 0.533. The molecule has 100 valence electrons. The number of aryl methyl sites for hydroxylation is 2. The summed E-state index contributed by atoms with van der Waals surface area (Å²) < 4.78 is 10.8. The maximum absolute atomic E-state index is 11.8. The van der Waals surface area contributed by atoms with Gasteiger partial charge in [-0.2, -0.15) is 0 Å². The van der Waals surface area contributed by atoms with Gasteiger partial charge in [0.2, 0.25) is 0 Å². The first-order chi connectivity index (χ1) is 8.45. The van der Waals surface area contributed by atoms with Gasteiger partial charge in [0.05, 0.1) is 6.61 Å². The standard InChI is InChI=1S/C15H22O3/c1-6-17-15(16)14(10(2)3)18-13-8-7-11(4)9-12(13)5/h7-10,14H,6H2,1-5H3. The van der Waals surface area contributed by atoms with Crippen LogP contribution in [-0.4, -0.2) is 18.7 Å². The fourth-order valence-corrected chi connectivity index (χ4v) is 1.75. The highest BCUT2D eigenvalue weighted by molar-refractivity contribution is 5.75. The van der Waals surface area contributed by atoms with Crippen LogP contribution >= 0.6 is 0 Å². The number of benzene rings is 1. The smallest absolute Gasteiger partial charge is 0.347 e. The molecule has 0 fully saturated rings. The second-order valence-electron chi connectivity index (χ2n) is 4.80. The summed E-state index contributed by atoms with van der Waals surface area (Å²) in [4.78, 5) is 11.8. The van der Waals surface area contributed by atoms with E-state index in [-0.39, 0.29) is 11.9 Å². The highest BCUT2D eigenvalue weighted by atomic mass is 16.6. The number of hydrogen-bond acceptors (Lipinski definition) is 3. The Balaban J connectivity index is 2.86. The van der Waals surface area contributed by atoms with Gasteiger partial charge in [-0.1, -0.05) is 31.5 Å². The maximum Gasteiger partial charge on any atom is 0.347 e. The molecule has 0 heterocycles. The summed E-state index contributed by atoms with van der Waals surface area (Å²) in [5, 5.41) is 0. The van der Waals surface area contributed by atoms with Gasteiger partial charge in [0.15, 0.2) is 6.10 Å². The Kier molecular flexibility index (Phi) is 5.20. The van der Waals surface area contributed by atoms with Gasteiger partial charge >= 0.3 is 5.97 Å². The average Bonchev–Trinajstić information content (AvgIpc) is 2.27. The minimum Gasteiger partial charge on any atom is -0.478 e. The van der Waals surface area contributed by atoms with Gasteiger partial charge in [0, 0.05) is 5.92 Å². The molecule has 3 nitrogen and oxygen atoms in total. The van der Waals surface area contributed by atoms with Gasteiger partial charge < -0.3 is 9.47 Å². The van der Waals surface area contributed by atoms with Crippen molar-refractivity contribution in [3.05, 3.63) is 29.3 Å². The van der Waals surface area contributed by atoms with Gasteiger partial charge in [-0.25, -0.2) is 4.79 Å². The lowest BCUT2D eigenvalue weighted by atomic mass is 10.1. The average molecular weight is 250 g/mol. The SMILES string of the molecule is CCOC(=O)C(Oc1ccc(C)cc1C)C(C)C. The van der Waals surface area contributed by atoms with E-state index in [4.69, 9.17) is 9.47 Å². The second-order valence-corrected chi connectivity index (χ2v) is 4.80. The van der Waals surface area contributed by atoms with Crippen molar-refractivity contribution in [2.24, 2.45) is 5.92 Å². The van der Waals surface area contributed by atoms with E-state index in [1.165, 1.54) is 5.56 Å². The molecule has 0 saturated carbocycles. The highest BCUT2D eigenvalue weighted by Crippen LogP contribution is 2.22. The Labute approximate surface area is 109 Å². The van der Waals surface area contributed by atoms with E-state index in [1.54, 1.807) is 6.92 Å². The van der Waals surface area contributed by atoms with Crippen molar-refractivity contribution in [3.8, 4) is 5.75 Å². The van der Waals surface area contributed by atoms with Crippen LogP contribution in [0.25, 0.3) is 0 Å². The van der Waals surface area contributed by atoms with Crippen molar-refractivity contribution in [1.82, 2.24) is 0 Å². The minimum absolute atomic E-state index is 0.0738. The van der Waals surface area contributed by atoms with E-state index >= 15 is 0 Å². The number of ether oxygens (including phenoxy) is 2. The highest BCUT2D eigenvalue weighted by Gasteiger charge is 2.26. The summed E-state index contributed by atoms with van der Waals surface area (Å²) in [6, 6.07) is 5.92. The second kappa shape index (κ2) is 6.43. The zero-order chi connectivity index (χ0) is 13.7. The summed E-state index contributed by atoms with van der Waals surface area (Å²) in [7, 11) is 0. The van der Waals surface area contributed by atoms with Crippen molar-refractivity contribution in [2.75, 3.05) is 6.61 Å². The third-order valence-electron chi connectivity index (χ3n) is 2.71. The molecule has 0 N–H and O–H groups in total. The molecule has 3 heteroatoms. The molecule has 0 aromatic heterocycles. The van der Waals surface area contributed by atoms with Crippen molar-refractivity contribution >= 4 is 5.97 Å². The number of carbonyl (C=O) groups is 1. The van der Waals surface area contributed by atoms with Crippen LogP contribution in [0.4, 0.5) is 0 Å². The fourth-order valence-electron chi connectivity index (χ4n) is 1.75. The lowest BCUT2D eigenvalue weighted by Crippen LogP contribution is -2.34. The minimum atomic E-state index is -0.550. The third-order valence-corrected chi connectivity index (χ3v) is 2.71. The topological polar surface area (TPSA) is 35.5 Å². The Morgan fingerprint density at radius 1 is 1.28 bits per heavy atom. The largest absolute Gasteiger partial charge is 0.478 e. The van der Waals surface area contributed by atoms with Gasteiger partial charge in [0.25, 0.3) is 0 Å². The molecule has 1 aromatic rings. The van der Waals surface area contributed by atoms with Crippen LogP contribution in [0.15, 0.2) is 18.2 Å². The monoisotopic (exact) mass is 250 g/mol. The van der Waals surface area contributed by atoms with Crippen LogP contribution in [0, 0.1) is 19.8 Å². The molecular formula is C15H22O3. The Hall–Kier alpha value is -1.51. The first-order valence-electron chi connectivity index (χ1n) is 6.36. The first-order valence-corrected chi connectivity index (χ1v) is 6.36. The van der Waals surface area contributed by atoms with Crippen LogP contribution in [0.1, 0.15) is 31.9 Å². The molecule has 0 bridgehead atoms. The summed E-state index contributed by atoms with van der Waals surface area (Å²) >= 11 is 0. The lowest BCUT2D eigenvalue weighted by Gasteiger charge is -2.21. The van der Waals surface area contributed by atoms with E-state index in [9.17, 15) is 4.79 Å². The lowest BCUT2D eigenvalue weighted by molar-refractivity contribution is -0.153. The van der Waals surface area contributed by atoms with E-state index < -0.39 is 6.10 Å². The van der Waals surface area contributed by atoms with Gasteiger partial charge in [-0.15, -0.1) is 0 Å². The van der Waals surface area contributed by atoms with E-state index in [2.05, 4.69) is 0 Å². The first kappa shape index (κ1) is 14.6. The number of rotatable bonds is 5. The maximum atomic E-state index is 11.8. The van der Waals surface area contributed by atoms with Gasteiger partial charge in [-0.3, -0.25) is 0 Å². The zero-order valence-corrected chi connectivity index (χ0v) is 11.8.